The molecule has 0 saturated carbocycles. The molecule has 0 aliphatic heterocycles. The molecule has 1 unspecified atom stereocenters. The first-order valence-corrected chi connectivity index (χ1v) is 4.37. The minimum Gasteiger partial charge on any atom is -0.171 e. The van der Waals surface area contributed by atoms with Crippen molar-refractivity contribution in [2.24, 2.45) is 11.3 Å². The second-order valence-electron chi connectivity index (χ2n) is 3.73. The van der Waals surface area contributed by atoms with E-state index in [2.05, 4.69) is 0 Å². The Kier molecular flexibility index (Phi) is 3.88. The zero-order valence-corrected chi connectivity index (χ0v) is 8.26. The number of rotatable bonds is 3. The summed E-state index contributed by atoms with van der Waals surface area (Å²) in [5, 5.41) is 0. The SMILES string of the molecule is CC(C)C(C)(CCl)CC(F)(F)F. The van der Waals surface area contributed by atoms with Crippen molar-refractivity contribution in [2.75, 3.05) is 5.88 Å². The lowest BCUT2D eigenvalue weighted by Gasteiger charge is -2.32. The quantitative estimate of drug-likeness (QED) is 0.610. The molecule has 4 heteroatoms. The summed E-state index contributed by atoms with van der Waals surface area (Å²) in [4.78, 5) is 0. The summed E-state index contributed by atoms with van der Waals surface area (Å²) in [6.45, 7) is 5.08. The van der Waals surface area contributed by atoms with Crippen LogP contribution in [0.4, 0.5) is 13.2 Å². The van der Waals surface area contributed by atoms with Crippen LogP contribution in [-0.4, -0.2) is 12.1 Å². The van der Waals surface area contributed by atoms with E-state index in [-0.39, 0.29) is 11.8 Å². The second-order valence-corrected chi connectivity index (χ2v) is 4.00. The predicted octanol–water partition coefficient (Wildman–Crippen LogP) is 3.84. The third kappa shape index (κ3) is 3.65. The van der Waals surface area contributed by atoms with Gasteiger partial charge in [0.05, 0.1) is 6.42 Å². The molecular weight excluding hydrogens is 189 g/mol. The Balaban J connectivity index is 4.35. The van der Waals surface area contributed by atoms with Crippen molar-refractivity contribution in [1.29, 1.82) is 0 Å². The second kappa shape index (κ2) is 3.86. The van der Waals surface area contributed by atoms with Gasteiger partial charge in [0.25, 0.3) is 0 Å². The average molecular weight is 203 g/mol. The van der Waals surface area contributed by atoms with Gasteiger partial charge in [0.2, 0.25) is 0 Å². The van der Waals surface area contributed by atoms with Crippen molar-refractivity contribution in [2.45, 2.75) is 33.4 Å². The number of halogens is 4. The van der Waals surface area contributed by atoms with Gasteiger partial charge in [0.1, 0.15) is 0 Å². The third-order valence-electron chi connectivity index (χ3n) is 2.30. The Bertz CT molecular complexity index is 142. The molecule has 0 nitrogen and oxygen atoms in total. The van der Waals surface area contributed by atoms with Gasteiger partial charge < -0.3 is 0 Å². The lowest BCUT2D eigenvalue weighted by atomic mass is 9.78. The Morgan fingerprint density at radius 1 is 1.25 bits per heavy atom. The summed E-state index contributed by atoms with van der Waals surface area (Å²) < 4.78 is 36.1. The fourth-order valence-corrected chi connectivity index (χ4v) is 1.27. The molecule has 0 bridgehead atoms. The molecule has 0 spiro atoms. The Labute approximate surface area is 76.1 Å². The molecule has 0 amide bonds. The van der Waals surface area contributed by atoms with Crippen molar-refractivity contribution in [3.63, 3.8) is 0 Å². The highest BCUT2D eigenvalue weighted by atomic mass is 35.5. The highest BCUT2D eigenvalue weighted by Gasteiger charge is 2.40. The van der Waals surface area contributed by atoms with Gasteiger partial charge in [-0.15, -0.1) is 11.6 Å². The predicted molar refractivity (Wildman–Crippen MR) is 44.3 cm³/mol. The van der Waals surface area contributed by atoms with Crippen molar-refractivity contribution >= 4 is 11.6 Å². The van der Waals surface area contributed by atoms with Gasteiger partial charge in [0.15, 0.2) is 0 Å². The van der Waals surface area contributed by atoms with Crippen LogP contribution in [0.2, 0.25) is 0 Å². The topological polar surface area (TPSA) is 0 Å². The van der Waals surface area contributed by atoms with Gasteiger partial charge in [-0.05, 0) is 11.3 Å². The van der Waals surface area contributed by atoms with Gasteiger partial charge in [-0.2, -0.15) is 13.2 Å². The van der Waals surface area contributed by atoms with E-state index in [0.717, 1.165) is 0 Å². The summed E-state index contributed by atoms with van der Waals surface area (Å²) in [5.41, 5.74) is -0.834. The fourth-order valence-electron chi connectivity index (χ4n) is 0.864. The molecule has 0 aromatic carbocycles. The molecular formula is C8H14ClF3. The van der Waals surface area contributed by atoms with E-state index >= 15 is 0 Å². The van der Waals surface area contributed by atoms with Crippen LogP contribution >= 0.6 is 11.6 Å². The number of hydrogen-bond acceptors (Lipinski definition) is 0. The molecule has 0 saturated heterocycles. The van der Waals surface area contributed by atoms with Crippen LogP contribution < -0.4 is 0 Å². The minimum absolute atomic E-state index is 0.0458. The van der Waals surface area contributed by atoms with Gasteiger partial charge >= 0.3 is 6.18 Å². The minimum atomic E-state index is -4.12. The van der Waals surface area contributed by atoms with Crippen molar-refractivity contribution < 1.29 is 13.2 Å². The highest BCUT2D eigenvalue weighted by Crippen LogP contribution is 2.39. The van der Waals surface area contributed by atoms with Crippen molar-refractivity contribution in [3.05, 3.63) is 0 Å². The maximum atomic E-state index is 12.0. The molecule has 0 N–H and O–H groups in total. The summed E-state index contributed by atoms with van der Waals surface area (Å²) in [6.07, 6.45) is -4.92. The lowest BCUT2D eigenvalue weighted by Crippen LogP contribution is -2.31. The van der Waals surface area contributed by atoms with Crippen molar-refractivity contribution in [3.8, 4) is 0 Å². The largest absolute Gasteiger partial charge is 0.389 e. The number of alkyl halides is 4. The maximum absolute atomic E-state index is 12.0. The zero-order valence-electron chi connectivity index (χ0n) is 7.50. The van der Waals surface area contributed by atoms with Crippen LogP contribution in [-0.2, 0) is 0 Å². The van der Waals surface area contributed by atoms with Gasteiger partial charge in [-0.1, -0.05) is 20.8 Å². The maximum Gasteiger partial charge on any atom is 0.389 e. The molecule has 0 heterocycles. The monoisotopic (exact) mass is 202 g/mol. The number of hydrogen-bond donors (Lipinski definition) is 0. The standard InChI is InChI=1S/C8H14ClF3/c1-6(2)7(3,5-9)4-8(10,11)12/h6H,4-5H2,1-3H3. The molecule has 0 aliphatic rings. The van der Waals surface area contributed by atoms with E-state index in [1.54, 1.807) is 20.8 Å². The van der Waals surface area contributed by atoms with E-state index in [0.29, 0.717) is 0 Å². The molecule has 0 aliphatic carbocycles. The Hall–Kier alpha value is 0.0800. The van der Waals surface area contributed by atoms with Crippen LogP contribution in [0.25, 0.3) is 0 Å². The Morgan fingerprint density at radius 2 is 1.67 bits per heavy atom. The lowest BCUT2D eigenvalue weighted by molar-refractivity contribution is -0.158. The summed E-state index contributed by atoms with van der Waals surface area (Å²) in [6, 6.07) is 0. The summed E-state index contributed by atoms with van der Waals surface area (Å²) in [7, 11) is 0. The molecule has 12 heavy (non-hydrogen) atoms. The van der Waals surface area contributed by atoms with Gasteiger partial charge in [0, 0.05) is 5.88 Å². The first kappa shape index (κ1) is 12.1. The molecule has 0 radical (unpaired) electrons. The van der Waals surface area contributed by atoms with Gasteiger partial charge in [-0.25, -0.2) is 0 Å². The molecule has 0 aromatic rings. The molecule has 0 rings (SSSR count). The van der Waals surface area contributed by atoms with Gasteiger partial charge in [-0.3, -0.25) is 0 Å². The van der Waals surface area contributed by atoms with E-state index in [1.165, 1.54) is 0 Å². The van der Waals surface area contributed by atoms with Crippen LogP contribution in [0.15, 0.2) is 0 Å². The van der Waals surface area contributed by atoms with E-state index in [9.17, 15) is 13.2 Å². The first-order valence-electron chi connectivity index (χ1n) is 3.84. The fraction of sp³-hybridized carbons (Fsp3) is 1.00. The normalized spacial score (nSPS) is 18.0. The van der Waals surface area contributed by atoms with E-state index < -0.39 is 18.0 Å². The summed E-state index contributed by atoms with van der Waals surface area (Å²) in [5.74, 6) is -0.0129. The van der Waals surface area contributed by atoms with Crippen LogP contribution in [0, 0.1) is 11.3 Å². The third-order valence-corrected chi connectivity index (χ3v) is 2.91. The van der Waals surface area contributed by atoms with E-state index in [4.69, 9.17) is 11.6 Å². The van der Waals surface area contributed by atoms with Crippen LogP contribution in [0.5, 0.6) is 0 Å². The average Bonchev–Trinajstić information content (AvgIpc) is 1.83. The van der Waals surface area contributed by atoms with E-state index in [1.807, 2.05) is 0 Å². The van der Waals surface area contributed by atoms with Crippen molar-refractivity contribution in [1.82, 2.24) is 0 Å². The molecule has 1 atom stereocenters. The molecule has 0 fully saturated rings. The molecule has 74 valence electrons. The Morgan fingerprint density at radius 3 is 1.75 bits per heavy atom. The van der Waals surface area contributed by atoms with Crippen LogP contribution in [0.3, 0.4) is 0 Å². The smallest absolute Gasteiger partial charge is 0.171 e. The summed E-state index contributed by atoms with van der Waals surface area (Å²) >= 11 is 5.51. The van der Waals surface area contributed by atoms with Crippen LogP contribution in [0.1, 0.15) is 27.2 Å². The zero-order chi connectivity index (χ0) is 9.99. The molecule has 0 aromatic heterocycles. The first-order chi connectivity index (χ1) is 5.21. The highest BCUT2D eigenvalue weighted by molar-refractivity contribution is 6.18.